The van der Waals surface area contributed by atoms with Gasteiger partial charge in [0, 0.05) is 33.0 Å². The van der Waals surface area contributed by atoms with Crippen LogP contribution in [0.15, 0.2) is 0 Å². The Hall–Kier alpha value is -1.64. The normalized spacial score (nSPS) is 14.2. The Labute approximate surface area is 136 Å². The van der Waals surface area contributed by atoms with Gasteiger partial charge in [-0.05, 0) is 0 Å². The van der Waals surface area contributed by atoms with Gasteiger partial charge in [-0.2, -0.15) is 0 Å². The summed E-state index contributed by atoms with van der Waals surface area (Å²) < 4.78 is 19.9. The van der Waals surface area contributed by atoms with Gasteiger partial charge in [0.15, 0.2) is 18.3 Å². The van der Waals surface area contributed by atoms with Crippen molar-refractivity contribution >= 4 is 39.8 Å². The molecule has 0 bridgehead atoms. The molecule has 8 nitrogen and oxygen atoms in total. The molecule has 0 aliphatic heterocycles. The lowest BCUT2D eigenvalue weighted by atomic mass is 10.1. The minimum absolute atomic E-state index is 0.127. The summed E-state index contributed by atoms with van der Waals surface area (Å²) in [7, 11) is 0. The van der Waals surface area contributed by atoms with Crippen molar-refractivity contribution in [2.24, 2.45) is 0 Å². The summed E-state index contributed by atoms with van der Waals surface area (Å²) in [6.45, 7) is 4.34. The van der Waals surface area contributed by atoms with Gasteiger partial charge in [0.05, 0.1) is 0 Å². The second-order valence-corrected chi connectivity index (χ2v) is 4.97. The molecule has 0 amide bonds. The zero-order valence-electron chi connectivity index (χ0n) is 12.8. The third-order valence-corrected chi connectivity index (χ3v) is 2.91. The molecule has 0 aromatic rings. The number of hydrogen-bond donors (Lipinski definition) is 0. The fourth-order valence-corrected chi connectivity index (χ4v) is 2.09. The zero-order valence-corrected chi connectivity index (χ0v) is 14.4. The van der Waals surface area contributed by atoms with E-state index in [1.54, 1.807) is 0 Å². The molecule has 0 unspecified atom stereocenters. The summed E-state index contributed by atoms with van der Waals surface area (Å²) in [6.07, 6.45) is -3.14. The van der Waals surface area contributed by atoms with Crippen LogP contribution in [-0.2, 0) is 38.1 Å². The van der Waals surface area contributed by atoms with E-state index < -0.39 is 42.2 Å². The summed E-state index contributed by atoms with van der Waals surface area (Å²) in [5.74, 6) is -2.52. The molecule has 0 aromatic carbocycles. The van der Waals surface area contributed by atoms with Crippen LogP contribution in [0.3, 0.4) is 0 Å². The van der Waals surface area contributed by atoms with Crippen molar-refractivity contribution in [3.63, 3.8) is 0 Å². The molecule has 0 spiro atoms. The van der Waals surface area contributed by atoms with E-state index in [9.17, 15) is 19.2 Å². The average Bonchev–Trinajstić information content (AvgIpc) is 2.37. The summed E-state index contributed by atoms with van der Waals surface area (Å²) in [6, 6.07) is 0. The van der Waals surface area contributed by atoms with Gasteiger partial charge in [-0.1, -0.05) is 15.9 Å². The first-order valence-electron chi connectivity index (χ1n) is 6.38. The average molecular weight is 383 g/mol. The van der Waals surface area contributed by atoms with Crippen molar-refractivity contribution in [1.82, 2.24) is 0 Å². The summed E-state index contributed by atoms with van der Waals surface area (Å²) in [5, 5.41) is 0.127. The lowest BCUT2D eigenvalue weighted by molar-refractivity contribution is -0.187. The number of carbonyl (C=O) groups excluding carboxylic acids is 4. The molecule has 0 rings (SSSR count). The highest BCUT2D eigenvalue weighted by molar-refractivity contribution is 9.09. The summed E-state index contributed by atoms with van der Waals surface area (Å²) in [5.41, 5.74) is 0. The topological polar surface area (TPSA) is 105 Å². The molecule has 0 aliphatic carbocycles. The second kappa shape index (κ2) is 10.1. The first-order valence-corrected chi connectivity index (χ1v) is 7.50. The quantitative estimate of drug-likeness (QED) is 0.343. The maximum atomic E-state index is 11.3. The fourth-order valence-electron chi connectivity index (χ4n) is 1.59. The van der Waals surface area contributed by atoms with Crippen molar-refractivity contribution in [3.8, 4) is 0 Å². The van der Waals surface area contributed by atoms with Gasteiger partial charge in [0.2, 0.25) is 0 Å². The molecule has 0 heterocycles. The van der Waals surface area contributed by atoms with Crippen LogP contribution in [0.5, 0.6) is 0 Å². The maximum Gasteiger partial charge on any atom is 0.303 e. The van der Waals surface area contributed by atoms with Crippen molar-refractivity contribution in [3.05, 3.63) is 0 Å². The van der Waals surface area contributed by atoms with Gasteiger partial charge in [-0.15, -0.1) is 0 Å². The molecule has 0 aromatic heterocycles. The standard InChI is InChI=1S/C13H19BrO8/c1-7(15)19-6-12(21-9(3)17)13(22-10(4)18)11(5-14)20-8(2)16/h11-13H,5-6H2,1-4H3/t11-,12+,13-/m1/s1. The predicted octanol–water partition coefficient (Wildman–Crippen LogP) is 0.740. The van der Waals surface area contributed by atoms with E-state index in [4.69, 9.17) is 18.9 Å². The summed E-state index contributed by atoms with van der Waals surface area (Å²) >= 11 is 3.13. The maximum absolute atomic E-state index is 11.3. The van der Waals surface area contributed by atoms with Gasteiger partial charge in [-0.25, -0.2) is 0 Å². The predicted molar refractivity (Wildman–Crippen MR) is 77.1 cm³/mol. The number of hydrogen-bond acceptors (Lipinski definition) is 8. The molecule has 0 aliphatic rings. The Morgan fingerprint density at radius 1 is 0.773 bits per heavy atom. The first-order chi connectivity index (χ1) is 10.2. The lowest BCUT2D eigenvalue weighted by Crippen LogP contribution is -2.48. The molecule has 0 fully saturated rings. The molecule has 0 N–H and O–H groups in total. The number of ether oxygens (including phenoxy) is 4. The highest BCUT2D eigenvalue weighted by Gasteiger charge is 2.37. The smallest absolute Gasteiger partial charge is 0.303 e. The van der Waals surface area contributed by atoms with Gasteiger partial charge in [0.25, 0.3) is 0 Å². The Kier molecular flexibility index (Phi) is 9.39. The van der Waals surface area contributed by atoms with E-state index in [2.05, 4.69) is 15.9 Å². The first kappa shape index (κ1) is 20.4. The highest BCUT2D eigenvalue weighted by atomic mass is 79.9. The van der Waals surface area contributed by atoms with Crippen LogP contribution < -0.4 is 0 Å². The van der Waals surface area contributed by atoms with E-state index in [-0.39, 0.29) is 11.9 Å². The van der Waals surface area contributed by atoms with Gasteiger partial charge >= 0.3 is 23.9 Å². The Morgan fingerprint density at radius 2 is 1.23 bits per heavy atom. The minimum atomic E-state index is -1.12. The van der Waals surface area contributed by atoms with Crippen LogP contribution in [0.4, 0.5) is 0 Å². The van der Waals surface area contributed by atoms with Crippen molar-refractivity contribution in [1.29, 1.82) is 0 Å². The molecule has 3 atom stereocenters. The van der Waals surface area contributed by atoms with E-state index in [0.717, 1.165) is 13.8 Å². The molecule has 22 heavy (non-hydrogen) atoms. The van der Waals surface area contributed by atoms with Crippen LogP contribution >= 0.6 is 15.9 Å². The van der Waals surface area contributed by atoms with Crippen molar-refractivity contribution < 1.29 is 38.1 Å². The molecular formula is C13H19BrO8. The molecule has 126 valence electrons. The number of halogens is 1. The summed E-state index contributed by atoms with van der Waals surface area (Å²) in [4.78, 5) is 44.5. The third-order valence-electron chi connectivity index (χ3n) is 2.27. The largest absolute Gasteiger partial charge is 0.462 e. The van der Waals surface area contributed by atoms with E-state index in [1.165, 1.54) is 13.8 Å². The second-order valence-electron chi connectivity index (χ2n) is 4.33. The van der Waals surface area contributed by atoms with Crippen molar-refractivity contribution in [2.75, 3.05) is 11.9 Å². The number of carbonyl (C=O) groups is 4. The number of esters is 4. The van der Waals surface area contributed by atoms with E-state index in [0.29, 0.717) is 0 Å². The highest BCUT2D eigenvalue weighted by Crippen LogP contribution is 2.16. The SMILES string of the molecule is CC(=O)OC[C@H](OC(C)=O)[C@H](OC(C)=O)[C@@H](CBr)OC(C)=O. The third kappa shape index (κ3) is 8.60. The molecule has 9 heteroatoms. The van der Waals surface area contributed by atoms with E-state index >= 15 is 0 Å². The van der Waals surface area contributed by atoms with Crippen LogP contribution in [0, 0.1) is 0 Å². The van der Waals surface area contributed by atoms with E-state index in [1.807, 2.05) is 0 Å². The Morgan fingerprint density at radius 3 is 1.59 bits per heavy atom. The monoisotopic (exact) mass is 382 g/mol. The van der Waals surface area contributed by atoms with Gasteiger partial charge in [-0.3, -0.25) is 19.2 Å². The van der Waals surface area contributed by atoms with Crippen LogP contribution in [0.25, 0.3) is 0 Å². The Bertz CT molecular complexity index is 422. The van der Waals surface area contributed by atoms with Crippen LogP contribution in [0.1, 0.15) is 27.7 Å². The van der Waals surface area contributed by atoms with Crippen molar-refractivity contribution in [2.45, 2.75) is 46.0 Å². The van der Waals surface area contributed by atoms with Gasteiger partial charge in [0.1, 0.15) is 6.61 Å². The molecule has 0 saturated heterocycles. The zero-order chi connectivity index (χ0) is 17.3. The van der Waals surface area contributed by atoms with Gasteiger partial charge < -0.3 is 18.9 Å². The van der Waals surface area contributed by atoms with Crippen LogP contribution in [-0.4, -0.2) is 54.1 Å². The lowest BCUT2D eigenvalue weighted by Gasteiger charge is -2.30. The number of alkyl halides is 1. The number of rotatable bonds is 8. The fraction of sp³-hybridized carbons (Fsp3) is 0.692. The Balaban J connectivity index is 5.30. The minimum Gasteiger partial charge on any atom is -0.462 e. The molecule has 0 radical (unpaired) electrons. The van der Waals surface area contributed by atoms with Crippen LogP contribution in [0.2, 0.25) is 0 Å². The molecule has 0 saturated carbocycles. The molecular weight excluding hydrogens is 364 g/mol.